The number of ether oxygens (including phenoxy) is 1. The lowest BCUT2D eigenvalue weighted by molar-refractivity contribution is 0.418. The van der Waals surface area contributed by atoms with Crippen LogP contribution < -0.4 is 9.64 Å². The van der Waals surface area contributed by atoms with E-state index in [1.165, 1.54) is 30.4 Å². The van der Waals surface area contributed by atoms with Gasteiger partial charge >= 0.3 is 0 Å². The van der Waals surface area contributed by atoms with Gasteiger partial charge in [0, 0.05) is 0 Å². The molecule has 0 saturated heterocycles. The third-order valence-electron chi connectivity index (χ3n) is 6.61. The van der Waals surface area contributed by atoms with Crippen LogP contribution in [0.2, 0.25) is 0 Å². The van der Waals surface area contributed by atoms with Gasteiger partial charge in [-0.25, -0.2) is 0 Å². The molecule has 2 heteroatoms. The molecule has 0 fully saturated rings. The van der Waals surface area contributed by atoms with Crippen molar-refractivity contribution in [3.63, 3.8) is 0 Å². The summed E-state index contributed by atoms with van der Waals surface area (Å²) in [6, 6.07) is 26.2. The maximum Gasteiger partial charge on any atom is 0.151 e. The van der Waals surface area contributed by atoms with Crippen LogP contribution in [0.25, 0.3) is 0 Å². The molecule has 0 radical (unpaired) electrons. The Morgan fingerprint density at radius 3 is 1.97 bits per heavy atom. The molecule has 1 aliphatic heterocycles. The van der Waals surface area contributed by atoms with Crippen LogP contribution in [0.1, 0.15) is 70.0 Å². The van der Waals surface area contributed by atoms with Gasteiger partial charge < -0.3 is 9.64 Å². The van der Waals surface area contributed by atoms with Crippen molar-refractivity contribution >= 4 is 11.4 Å². The summed E-state index contributed by atoms with van der Waals surface area (Å²) >= 11 is 0. The molecule has 3 aromatic carbocycles. The Morgan fingerprint density at radius 1 is 0.767 bits per heavy atom. The Kier molecular flexibility index (Phi) is 6.13. The minimum Gasteiger partial charge on any atom is -0.453 e. The quantitative estimate of drug-likeness (QED) is 0.394. The third kappa shape index (κ3) is 3.84. The monoisotopic (exact) mass is 399 g/mol. The molecule has 0 bridgehead atoms. The van der Waals surface area contributed by atoms with Gasteiger partial charge in [-0.2, -0.15) is 0 Å². The fourth-order valence-electron chi connectivity index (χ4n) is 4.72. The zero-order valence-electron chi connectivity index (χ0n) is 18.6. The second-order valence-corrected chi connectivity index (χ2v) is 8.53. The lowest BCUT2D eigenvalue weighted by atomic mass is 9.81. The molecule has 0 aliphatic carbocycles. The highest BCUT2D eigenvalue weighted by Gasteiger charge is 2.29. The lowest BCUT2D eigenvalue weighted by Gasteiger charge is -2.37. The molecule has 0 amide bonds. The van der Waals surface area contributed by atoms with Crippen LogP contribution >= 0.6 is 0 Å². The number of hydrogen-bond donors (Lipinski definition) is 0. The van der Waals surface area contributed by atoms with E-state index in [1.807, 2.05) is 12.1 Å². The molecule has 0 saturated carbocycles. The number of para-hydroxylation sites is 4. The van der Waals surface area contributed by atoms with Gasteiger partial charge in [0.05, 0.1) is 17.4 Å². The molecule has 1 heterocycles. The van der Waals surface area contributed by atoms with E-state index in [9.17, 15) is 0 Å². The molecule has 3 aromatic rings. The molecular weight excluding hydrogens is 366 g/mol. The summed E-state index contributed by atoms with van der Waals surface area (Å²) < 4.78 is 6.19. The van der Waals surface area contributed by atoms with Crippen molar-refractivity contribution in [1.82, 2.24) is 0 Å². The normalized spacial score (nSPS) is 15.5. The number of benzene rings is 3. The van der Waals surface area contributed by atoms with E-state index in [0.717, 1.165) is 22.9 Å². The molecule has 156 valence electrons. The first-order valence-electron chi connectivity index (χ1n) is 11.4. The Balaban J connectivity index is 1.75. The fraction of sp³-hybridized carbons (Fsp3) is 0.357. The average molecular weight is 400 g/mol. The average Bonchev–Trinajstić information content (AvgIpc) is 2.80. The zero-order chi connectivity index (χ0) is 21.1. The highest BCUT2D eigenvalue weighted by atomic mass is 16.5. The number of fused-ring (bicyclic) bond motifs is 2. The highest BCUT2D eigenvalue weighted by Crippen LogP contribution is 2.50. The van der Waals surface area contributed by atoms with Crippen LogP contribution in [0, 0.1) is 5.92 Å². The van der Waals surface area contributed by atoms with Gasteiger partial charge in [0.15, 0.2) is 11.5 Å². The highest BCUT2D eigenvalue weighted by molar-refractivity contribution is 5.78. The van der Waals surface area contributed by atoms with Crippen molar-refractivity contribution in [2.45, 2.75) is 58.9 Å². The van der Waals surface area contributed by atoms with Gasteiger partial charge in [-0.3, -0.25) is 0 Å². The van der Waals surface area contributed by atoms with E-state index in [0.29, 0.717) is 11.8 Å². The minimum atomic E-state index is 0.204. The van der Waals surface area contributed by atoms with Crippen molar-refractivity contribution < 1.29 is 4.74 Å². The number of nitrogens with zero attached hydrogens (tertiary/aromatic N) is 1. The van der Waals surface area contributed by atoms with Crippen molar-refractivity contribution in [3.8, 4) is 11.5 Å². The summed E-state index contributed by atoms with van der Waals surface area (Å²) in [5.41, 5.74) is 5.08. The number of hydrogen-bond acceptors (Lipinski definition) is 2. The fourth-order valence-corrected chi connectivity index (χ4v) is 4.72. The smallest absolute Gasteiger partial charge is 0.151 e. The molecule has 3 atom stereocenters. The van der Waals surface area contributed by atoms with Crippen molar-refractivity contribution in [2.24, 2.45) is 5.92 Å². The molecule has 0 aromatic heterocycles. The maximum absolute atomic E-state index is 6.19. The lowest BCUT2D eigenvalue weighted by Crippen LogP contribution is -2.25. The van der Waals surface area contributed by atoms with Crippen LogP contribution in [-0.2, 0) is 0 Å². The van der Waals surface area contributed by atoms with Gasteiger partial charge in [-0.15, -0.1) is 0 Å². The molecule has 0 N–H and O–H groups in total. The van der Waals surface area contributed by atoms with E-state index in [1.54, 1.807) is 0 Å². The van der Waals surface area contributed by atoms with Gasteiger partial charge in [0.25, 0.3) is 0 Å². The predicted octanol–water partition coefficient (Wildman–Crippen LogP) is 8.62. The molecule has 2 nitrogen and oxygen atoms in total. The molecule has 3 unspecified atom stereocenters. The summed E-state index contributed by atoms with van der Waals surface area (Å²) in [4.78, 5) is 2.42. The molecule has 30 heavy (non-hydrogen) atoms. The summed E-state index contributed by atoms with van der Waals surface area (Å²) in [6.07, 6.45) is 3.68. The van der Waals surface area contributed by atoms with Crippen LogP contribution in [0.15, 0.2) is 72.8 Å². The van der Waals surface area contributed by atoms with Crippen LogP contribution in [0.4, 0.5) is 11.4 Å². The van der Waals surface area contributed by atoms with E-state index < -0.39 is 0 Å². The summed E-state index contributed by atoms with van der Waals surface area (Å²) in [5.74, 6) is 3.15. The summed E-state index contributed by atoms with van der Waals surface area (Å²) in [7, 11) is 0. The standard InChI is InChI=1S/C28H33NO/c1-5-12-24(20(3)6-2)23-14-11-13-22(19-23)21(4)29-25-15-7-9-17-27(25)30-28-18-10-8-16-26(28)29/h7-11,13-21,24H,5-6,12H2,1-4H3. The maximum atomic E-state index is 6.19. The van der Waals surface area contributed by atoms with Gasteiger partial charge in [0.1, 0.15) is 0 Å². The van der Waals surface area contributed by atoms with Crippen molar-refractivity contribution in [1.29, 1.82) is 0 Å². The summed E-state index contributed by atoms with van der Waals surface area (Å²) in [6.45, 7) is 9.30. The number of rotatable bonds is 7. The molecule has 1 aliphatic rings. The van der Waals surface area contributed by atoms with Crippen LogP contribution in [-0.4, -0.2) is 0 Å². The SMILES string of the molecule is CCCC(c1cccc(C(C)N2c3ccccc3Oc3ccccc32)c1)C(C)CC. The molecule has 4 rings (SSSR count). The van der Waals surface area contributed by atoms with E-state index >= 15 is 0 Å². The van der Waals surface area contributed by atoms with E-state index in [4.69, 9.17) is 4.74 Å². The molecule has 0 spiro atoms. The number of anilines is 2. The zero-order valence-corrected chi connectivity index (χ0v) is 18.6. The first-order chi connectivity index (χ1) is 14.6. The Labute approximate surface area is 181 Å². The Hall–Kier alpha value is -2.74. The second-order valence-electron chi connectivity index (χ2n) is 8.53. The first kappa shape index (κ1) is 20.5. The van der Waals surface area contributed by atoms with Gasteiger partial charge in [0.2, 0.25) is 0 Å². The van der Waals surface area contributed by atoms with Crippen molar-refractivity contribution in [2.75, 3.05) is 4.90 Å². The molecular formula is C28H33NO. The Morgan fingerprint density at radius 2 is 1.37 bits per heavy atom. The first-order valence-corrected chi connectivity index (χ1v) is 11.4. The second kappa shape index (κ2) is 8.95. The van der Waals surface area contributed by atoms with E-state index in [-0.39, 0.29) is 6.04 Å². The van der Waals surface area contributed by atoms with Crippen LogP contribution in [0.3, 0.4) is 0 Å². The topological polar surface area (TPSA) is 12.5 Å². The van der Waals surface area contributed by atoms with Crippen LogP contribution in [0.5, 0.6) is 11.5 Å². The minimum absolute atomic E-state index is 0.204. The van der Waals surface area contributed by atoms with E-state index in [2.05, 4.69) is 93.3 Å². The largest absolute Gasteiger partial charge is 0.453 e. The summed E-state index contributed by atoms with van der Waals surface area (Å²) in [5, 5.41) is 0. The third-order valence-corrected chi connectivity index (χ3v) is 6.61. The predicted molar refractivity (Wildman–Crippen MR) is 127 cm³/mol. The van der Waals surface area contributed by atoms with Gasteiger partial charge in [-0.1, -0.05) is 82.1 Å². The Bertz CT molecular complexity index is 950. The van der Waals surface area contributed by atoms with Crippen molar-refractivity contribution in [3.05, 3.63) is 83.9 Å². The van der Waals surface area contributed by atoms with Gasteiger partial charge in [-0.05, 0) is 60.6 Å².